The molecule has 1 fully saturated rings. The van der Waals surface area contributed by atoms with Gasteiger partial charge in [0.15, 0.2) is 5.75 Å². The first-order valence-corrected chi connectivity index (χ1v) is 10.2. The van der Waals surface area contributed by atoms with Gasteiger partial charge in [-0.25, -0.2) is 9.97 Å². The molecule has 0 bridgehead atoms. The standard InChI is InChI=1S/C22H27N5O3/c1-11-19(26-22-24-10-18(30-4)12(2)25-22)16-9-15(21(23)29)7-8-17(16)27(13(3)28)20(11)14-5-6-14/h7-11,14,19-20H,5-6H2,1-4H3,(H2,23,29)(H,24,25,26)/t11-,19-,20-/m1/s1. The Morgan fingerprint density at radius 1 is 1.30 bits per heavy atom. The van der Waals surface area contributed by atoms with Crippen LogP contribution in [0, 0.1) is 18.8 Å². The summed E-state index contributed by atoms with van der Waals surface area (Å²) in [6.45, 7) is 5.59. The molecule has 2 heterocycles. The number of hydrogen-bond acceptors (Lipinski definition) is 6. The van der Waals surface area contributed by atoms with E-state index in [2.05, 4.69) is 22.2 Å². The first-order valence-electron chi connectivity index (χ1n) is 10.2. The third kappa shape index (κ3) is 3.46. The summed E-state index contributed by atoms with van der Waals surface area (Å²) in [5.74, 6) is 1.15. The van der Waals surface area contributed by atoms with Crippen LogP contribution in [0.4, 0.5) is 11.6 Å². The molecule has 1 saturated carbocycles. The van der Waals surface area contributed by atoms with Crippen molar-refractivity contribution in [3.05, 3.63) is 41.2 Å². The summed E-state index contributed by atoms with van der Waals surface area (Å²) in [5.41, 5.74) is 8.33. The Morgan fingerprint density at radius 3 is 2.60 bits per heavy atom. The number of aromatic nitrogens is 2. The molecule has 2 aromatic rings. The topological polar surface area (TPSA) is 110 Å². The minimum absolute atomic E-state index is 0.00168. The lowest BCUT2D eigenvalue weighted by Crippen LogP contribution is -2.51. The van der Waals surface area contributed by atoms with Gasteiger partial charge < -0.3 is 20.7 Å². The summed E-state index contributed by atoms with van der Waals surface area (Å²) in [6, 6.07) is 5.19. The molecule has 1 aliphatic heterocycles. The van der Waals surface area contributed by atoms with Gasteiger partial charge in [-0.3, -0.25) is 9.59 Å². The SMILES string of the molecule is COc1cnc(N[C@H]2c3cc(C(N)=O)ccc3N(C(C)=O)[C@@H](C3CC3)[C@@H]2C)nc1C. The number of rotatable bonds is 5. The van der Waals surface area contributed by atoms with Crippen molar-refractivity contribution in [2.24, 2.45) is 17.6 Å². The van der Waals surface area contributed by atoms with E-state index in [1.165, 1.54) is 0 Å². The first-order chi connectivity index (χ1) is 14.3. The van der Waals surface area contributed by atoms with Crippen molar-refractivity contribution in [2.45, 2.75) is 45.7 Å². The molecule has 4 rings (SSSR count). The highest BCUT2D eigenvalue weighted by Crippen LogP contribution is 2.50. The van der Waals surface area contributed by atoms with E-state index in [1.807, 2.05) is 17.9 Å². The monoisotopic (exact) mass is 409 g/mol. The summed E-state index contributed by atoms with van der Waals surface area (Å²) < 4.78 is 5.26. The van der Waals surface area contributed by atoms with Crippen molar-refractivity contribution in [3.63, 3.8) is 0 Å². The molecular formula is C22H27N5O3. The Labute approximate surface area is 175 Å². The maximum absolute atomic E-state index is 12.6. The van der Waals surface area contributed by atoms with Crippen molar-refractivity contribution in [1.82, 2.24) is 9.97 Å². The molecule has 3 N–H and O–H groups in total. The number of nitrogens with zero attached hydrogens (tertiary/aromatic N) is 3. The summed E-state index contributed by atoms with van der Waals surface area (Å²) in [4.78, 5) is 35.3. The summed E-state index contributed by atoms with van der Waals surface area (Å²) in [6.07, 6.45) is 3.86. The normalized spacial score (nSPS) is 22.9. The minimum atomic E-state index is -0.501. The number of ether oxygens (including phenoxy) is 1. The van der Waals surface area contributed by atoms with Gasteiger partial charge in [-0.2, -0.15) is 0 Å². The van der Waals surface area contributed by atoms with E-state index in [-0.39, 0.29) is 23.9 Å². The van der Waals surface area contributed by atoms with Gasteiger partial charge in [0.05, 0.1) is 25.0 Å². The molecule has 8 heteroatoms. The second-order valence-electron chi connectivity index (χ2n) is 8.18. The highest BCUT2D eigenvalue weighted by Gasteiger charge is 2.47. The van der Waals surface area contributed by atoms with Crippen molar-refractivity contribution < 1.29 is 14.3 Å². The van der Waals surface area contributed by atoms with Crippen molar-refractivity contribution in [3.8, 4) is 5.75 Å². The lowest BCUT2D eigenvalue weighted by Gasteiger charge is -2.45. The van der Waals surface area contributed by atoms with E-state index in [0.717, 1.165) is 29.8 Å². The summed E-state index contributed by atoms with van der Waals surface area (Å²) >= 11 is 0. The van der Waals surface area contributed by atoms with E-state index in [4.69, 9.17) is 10.5 Å². The van der Waals surface area contributed by atoms with Crippen LogP contribution in [-0.2, 0) is 4.79 Å². The Balaban J connectivity index is 1.81. The van der Waals surface area contributed by atoms with Gasteiger partial charge in [0.25, 0.3) is 0 Å². The van der Waals surface area contributed by atoms with Crippen LogP contribution in [0.3, 0.4) is 0 Å². The zero-order valence-corrected chi connectivity index (χ0v) is 17.7. The molecule has 0 unspecified atom stereocenters. The number of fused-ring (bicyclic) bond motifs is 1. The molecular weight excluding hydrogens is 382 g/mol. The molecule has 8 nitrogen and oxygen atoms in total. The lowest BCUT2D eigenvalue weighted by atomic mass is 9.79. The smallest absolute Gasteiger partial charge is 0.248 e. The second-order valence-corrected chi connectivity index (χ2v) is 8.18. The van der Waals surface area contributed by atoms with Gasteiger partial charge in [0.1, 0.15) is 0 Å². The highest BCUT2D eigenvalue weighted by atomic mass is 16.5. The number of nitrogens with two attached hydrogens (primary N) is 1. The Bertz CT molecular complexity index is 1000. The van der Waals surface area contributed by atoms with Crippen LogP contribution < -0.4 is 20.7 Å². The largest absolute Gasteiger partial charge is 0.493 e. The molecule has 30 heavy (non-hydrogen) atoms. The van der Waals surface area contributed by atoms with Crippen LogP contribution in [0.15, 0.2) is 24.4 Å². The number of nitrogens with one attached hydrogen (secondary N) is 1. The lowest BCUT2D eigenvalue weighted by molar-refractivity contribution is -0.117. The molecule has 1 aliphatic carbocycles. The number of hydrogen-bond donors (Lipinski definition) is 2. The molecule has 0 radical (unpaired) electrons. The van der Waals surface area contributed by atoms with Crippen LogP contribution in [-0.4, -0.2) is 34.9 Å². The molecule has 1 aromatic carbocycles. The number of carbonyl (C=O) groups excluding carboxylic acids is 2. The molecule has 0 saturated heterocycles. The zero-order chi connectivity index (χ0) is 21.6. The van der Waals surface area contributed by atoms with Crippen molar-refractivity contribution >= 4 is 23.5 Å². The molecule has 3 atom stereocenters. The molecule has 2 aliphatic rings. The van der Waals surface area contributed by atoms with E-state index in [0.29, 0.717) is 23.2 Å². The van der Waals surface area contributed by atoms with Crippen LogP contribution >= 0.6 is 0 Å². The molecule has 0 spiro atoms. The van der Waals surface area contributed by atoms with Gasteiger partial charge in [0, 0.05) is 30.1 Å². The predicted octanol–water partition coefficient (Wildman–Crippen LogP) is 2.83. The average Bonchev–Trinajstić information content (AvgIpc) is 3.54. The summed E-state index contributed by atoms with van der Waals surface area (Å²) in [5, 5.41) is 3.45. The fraction of sp³-hybridized carbons (Fsp3) is 0.455. The zero-order valence-electron chi connectivity index (χ0n) is 17.7. The fourth-order valence-corrected chi connectivity index (χ4v) is 4.58. The van der Waals surface area contributed by atoms with E-state index in [1.54, 1.807) is 32.4 Å². The maximum atomic E-state index is 12.6. The maximum Gasteiger partial charge on any atom is 0.248 e. The fourth-order valence-electron chi connectivity index (χ4n) is 4.58. The van der Waals surface area contributed by atoms with E-state index < -0.39 is 5.91 Å². The highest BCUT2D eigenvalue weighted by molar-refractivity contribution is 5.97. The number of benzene rings is 1. The van der Waals surface area contributed by atoms with Crippen LogP contribution in [0.2, 0.25) is 0 Å². The van der Waals surface area contributed by atoms with Gasteiger partial charge in [-0.15, -0.1) is 0 Å². The number of methoxy groups -OCH3 is 1. The Morgan fingerprint density at radius 2 is 2.03 bits per heavy atom. The van der Waals surface area contributed by atoms with Crippen LogP contribution in [0.25, 0.3) is 0 Å². The number of carbonyl (C=O) groups is 2. The van der Waals surface area contributed by atoms with Crippen molar-refractivity contribution in [2.75, 3.05) is 17.3 Å². The quantitative estimate of drug-likeness (QED) is 0.786. The minimum Gasteiger partial charge on any atom is -0.493 e. The predicted molar refractivity (Wildman–Crippen MR) is 113 cm³/mol. The Hall–Kier alpha value is -3.16. The second kappa shape index (κ2) is 7.59. The average molecular weight is 409 g/mol. The van der Waals surface area contributed by atoms with Crippen molar-refractivity contribution in [1.29, 1.82) is 0 Å². The third-order valence-corrected chi connectivity index (χ3v) is 6.15. The van der Waals surface area contributed by atoms with E-state index in [9.17, 15) is 9.59 Å². The number of amides is 2. The van der Waals surface area contributed by atoms with Gasteiger partial charge >= 0.3 is 0 Å². The van der Waals surface area contributed by atoms with Gasteiger partial charge in [0.2, 0.25) is 17.8 Å². The number of anilines is 2. The first kappa shape index (κ1) is 20.1. The van der Waals surface area contributed by atoms with Gasteiger partial charge in [-0.05, 0) is 49.4 Å². The third-order valence-electron chi connectivity index (χ3n) is 6.15. The van der Waals surface area contributed by atoms with Crippen LogP contribution in [0.1, 0.15) is 54.3 Å². The number of aryl methyl sites for hydroxylation is 1. The van der Waals surface area contributed by atoms with E-state index >= 15 is 0 Å². The van der Waals surface area contributed by atoms with Crippen LogP contribution in [0.5, 0.6) is 5.75 Å². The molecule has 2 amide bonds. The number of primary amides is 1. The van der Waals surface area contributed by atoms with Gasteiger partial charge in [-0.1, -0.05) is 6.92 Å². The molecule has 1 aromatic heterocycles. The Kier molecular flexibility index (Phi) is 5.09. The molecule has 158 valence electrons. The summed E-state index contributed by atoms with van der Waals surface area (Å²) in [7, 11) is 1.58.